The Bertz CT molecular complexity index is 471. The minimum absolute atomic E-state index is 0.185. The van der Waals surface area contributed by atoms with Crippen LogP contribution in [0.3, 0.4) is 0 Å². The second-order valence-corrected chi connectivity index (χ2v) is 4.85. The fraction of sp³-hybridized carbons (Fsp3) is 0.455. The Morgan fingerprint density at radius 1 is 1.41 bits per heavy atom. The summed E-state index contributed by atoms with van der Waals surface area (Å²) in [6, 6.07) is -0.246. The summed E-state index contributed by atoms with van der Waals surface area (Å²) in [6.45, 7) is 0.913. The highest BCUT2D eigenvalue weighted by atomic mass is 35.5. The fourth-order valence-corrected chi connectivity index (χ4v) is 2.80. The van der Waals surface area contributed by atoms with Crippen LogP contribution in [0, 0.1) is 5.92 Å². The molecule has 0 bridgehead atoms. The summed E-state index contributed by atoms with van der Waals surface area (Å²) < 4.78 is 5.48. The lowest BCUT2D eigenvalue weighted by Gasteiger charge is -2.41. The Morgan fingerprint density at radius 3 is 2.94 bits per heavy atom. The molecule has 6 heteroatoms. The average molecular weight is 255 g/mol. The molecule has 2 heterocycles. The molecular formula is C11H11ClN2O3. The molecule has 1 aliphatic carbocycles. The van der Waals surface area contributed by atoms with Gasteiger partial charge in [-0.2, -0.15) is 0 Å². The quantitative estimate of drug-likeness (QED) is 0.668. The molecule has 0 aromatic heterocycles. The normalized spacial score (nSPS) is 35.5. The van der Waals surface area contributed by atoms with Crippen molar-refractivity contribution in [3.8, 4) is 0 Å². The molecule has 2 amide bonds. The number of carbonyl (C=O) groups excluding carboxylic acids is 2. The Kier molecular flexibility index (Phi) is 2.19. The second-order valence-electron chi connectivity index (χ2n) is 4.44. The van der Waals surface area contributed by atoms with E-state index in [1.54, 1.807) is 12.2 Å². The van der Waals surface area contributed by atoms with Crippen LogP contribution in [0.5, 0.6) is 0 Å². The third kappa shape index (κ3) is 1.45. The van der Waals surface area contributed by atoms with E-state index in [-0.39, 0.29) is 16.8 Å². The molecule has 3 aliphatic rings. The number of ether oxygens (including phenoxy) is 1. The Hall–Kier alpha value is -1.49. The third-order valence-corrected chi connectivity index (χ3v) is 3.78. The number of urea groups is 1. The van der Waals surface area contributed by atoms with Gasteiger partial charge in [0.25, 0.3) is 0 Å². The maximum atomic E-state index is 12.1. The number of amides is 2. The highest BCUT2D eigenvalue weighted by Gasteiger charge is 2.53. The van der Waals surface area contributed by atoms with Gasteiger partial charge in [-0.25, -0.2) is 4.79 Å². The molecule has 2 atom stereocenters. The summed E-state index contributed by atoms with van der Waals surface area (Å²) in [5.74, 6) is -0.102. The number of hydrogen-bond donors (Lipinski definition) is 2. The maximum absolute atomic E-state index is 12.1. The summed E-state index contributed by atoms with van der Waals surface area (Å²) in [7, 11) is 0. The molecule has 17 heavy (non-hydrogen) atoms. The van der Waals surface area contributed by atoms with Gasteiger partial charge in [-0.3, -0.25) is 4.79 Å². The van der Waals surface area contributed by atoms with E-state index in [9.17, 15) is 9.59 Å². The van der Waals surface area contributed by atoms with Gasteiger partial charge in [0, 0.05) is 13.0 Å². The first-order valence-electron chi connectivity index (χ1n) is 5.43. The summed E-state index contributed by atoms with van der Waals surface area (Å²) in [5, 5.41) is 5.73. The van der Waals surface area contributed by atoms with Crippen molar-refractivity contribution in [3.05, 3.63) is 22.9 Å². The molecule has 1 spiro atoms. The lowest BCUT2D eigenvalue weighted by Crippen LogP contribution is -2.57. The summed E-state index contributed by atoms with van der Waals surface area (Å²) >= 11 is 5.86. The first-order chi connectivity index (χ1) is 8.12. The van der Waals surface area contributed by atoms with Gasteiger partial charge in [0.15, 0.2) is 5.78 Å². The molecule has 5 nitrogen and oxygen atoms in total. The monoisotopic (exact) mass is 254 g/mol. The van der Waals surface area contributed by atoms with Crippen LogP contribution >= 0.6 is 11.6 Å². The van der Waals surface area contributed by atoms with E-state index in [0.29, 0.717) is 25.3 Å². The van der Waals surface area contributed by atoms with Crippen molar-refractivity contribution in [2.24, 2.45) is 5.92 Å². The van der Waals surface area contributed by atoms with Crippen molar-refractivity contribution in [1.82, 2.24) is 10.6 Å². The van der Waals surface area contributed by atoms with Crippen LogP contribution in [-0.4, -0.2) is 30.5 Å². The van der Waals surface area contributed by atoms with Crippen molar-refractivity contribution in [3.63, 3.8) is 0 Å². The highest BCUT2D eigenvalue weighted by molar-refractivity contribution is 6.43. The smallest absolute Gasteiger partial charge is 0.315 e. The largest absolute Gasteiger partial charge is 0.497 e. The van der Waals surface area contributed by atoms with E-state index in [4.69, 9.17) is 16.3 Å². The van der Waals surface area contributed by atoms with Gasteiger partial charge < -0.3 is 15.4 Å². The van der Waals surface area contributed by atoms with E-state index in [1.165, 1.54) is 0 Å². The summed E-state index contributed by atoms with van der Waals surface area (Å²) in [5.41, 5.74) is -0.591. The van der Waals surface area contributed by atoms with Crippen molar-refractivity contribution in [1.29, 1.82) is 0 Å². The van der Waals surface area contributed by atoms with Gasteiger partial charge in [0.1, 0.15) is 11.7 Å². The molecular weight excluding hydrogens is 244 g/mol. The second kappa shape index (κ2) is 3.50. The highest BCUT2D eigenvalue weighted by Crippen LogP contribution is 2.39. The van der Waals surface area contributed by atoms with Crippen LogP contribution < -0.4 is 10.6 Å². The van der Waals surface area contributed by atoms with Crippen molar-refractivity contribution >= 4 is 23.4 Å². The van der Waals surface area contributed by atoms with Gasteiger partial charge in [0.2, 0.25) is 0 Å². The number of Topliss-reactive ketones (excluding diaryl/α,β-unsaturated/α-hetero) is 1. The van der Waals surface area contributed by atoms with Crippen LogP contribution in [0.15, 0.2) is 22.9 Å². The summed E-state index contributed by atoms with van der Waals surface area (Å²) in [4.78, 5) is 23.5. The molecule has 2 N–H and O–H groups in total. The molecule has 2 unspecified atom stereocenters. The van der Waals surface area contributed by atoms with E-state index in [0.717, 1.165) is 0 Å². The van der Waals surface area contributed by atoms with Crippen LogP contribution in [-0.2, 0) is 9.53 Å². The standard InChI is InChI=1S/C11H11ClN2O3/c12-6-1-2-7-8(9(6)15)11(3-4-17-7)5-13-10(16)14-11/h1-2,8H,3-5H2,(H2,13,14,16). The van der Waals surface area contributed by atoms with E-state index >= 15 is 0 Å². The number of fused-ring (bicyclic) bond motifs is 2. The van der Waals surface area contributed by atoms with Crippen LogP contribution in [0.1, 0.15) is 6.42 Å². The summed E-state index contributed by atoms with van der Waals surface area (Å²) in [6.07, 6.45) is 3.85. The van der Waals surface area contributed by atoms with Gasteiger partial charge in [-0.05, 0) is 12.2 Å². The zero-order chi connectivity index (χ0) is 12.0. The Labute approximate surface area is 103 Å². The van der Waals surface area contributed by atoms with Crippen LogP contribution in [0.25, 0.3) is 0 Å². The predicted octanol–water partition coefficient (Wildman–Crippen LogP) is 0.664. The molecule has 0 aromatic rings. The number of hydrogen-bond acceptors (Lipinski definition) is 3. The number of nitrogens with one attached hydrogen (secondary N) is 2. The Morgan fingerprint density at radius 2 is 2.24 bits per heavy atom. The number of ketones is 1. The lowest BCUT2D eigenvalue weighted by atomic mass is 9.74. The number of allylic oxidation sites excluding steroid dienone is 3. The number of halogens is 1. The van der Waals surface area contributed by atoms with Gasteiger partial charge in [-0.15, -0.1) is 0 Å². The van der Waals surface area contributed by atoms with Crippen molar-refractivity contribution in [2.45, 2.75) is 12.0 Å². The molecule has 0 radical (unpaired) electrons. The third-order valence-electron chi connectivity index (χ3n) is 3.47. The first kappa shape index (κ1) is 10.7. The molecule has 90 valence electrons. The van der Waals surface area contributed by atoms with Gasteiger partial charge in [-0.1, -0.05) is 11.6 Å². The molecule has 0 aromatic carbocycles. The maximum Gasteiger partial charge on any atom is 0.315 e. The molecule has 3 rings (SSSR count). The van der Waals surface area contributed by atoms with Crippen LogP contribution in [0.4, 0.5) is 4.79 Å². The molecule has 0 saturated carbocycles. The average Bonchev–Trinajstić information content (AvgIpc) is 2.66. The Balaban J connectivity index is 2.02. The van der Waals surface area contributed by atoms with E-state index in [1.807, 2.05) is 0 Å². The van der Waals surface area contributed by atoms with E-state index in [2.05, 4.69) is 10.6 Å². The zero-order valence-electron chi connectivity index (χ0n) is 8.96. The number of rotatable bonds is 0. The molecule has 2 aliphatic heterocycles. The molecule has 2 fully saturated rings. The van der Waals surface area contributed by atoms with Crippen molar-refractivity contribution < 1.29 is 14.3 Å². The zero-order valence-corrected chi connectivity index (χ0v) is 9.71. The predicted molar refractivity (Wildman–Crippen MR) is 60.4 cm³/mol. The van der Waals surface area contributed by atoms with Gasteiger partial charge >= 0.3 is 6.03 Å². The minimum Gasteiger partial charge on any atom is -0.497 e. The molecule has 2 saturated heterocycles. The fourth-order valence-electron chi connectivity index (χ4n) is 2.63. The van der Waals surface area contributed by atoms with Crippen LogP contribution in [0.2, 0.25) is 0 Å². The SMILES string of the molecule is O=C1NCC2(CCOC3=CC=C(Cl)C(=O)C32)N1. The topological polar surface area (TPSA) is 67.4 Å². The minimum atomic E-state index is -0.591. The first-order valence-corrected chi connectivity index (χ1v) is 5.81. The van der Waals surface area contributed by atoms with Gasteiger partial charge in [0.05, 0.1) is 17.2 Å². The van der Waals surface area contributed by atoms with E-state index < -0.39 is 11.5 Å². The lowest BCUT2D eigenvalue weighted by molar-refractivity contribution is -0.123. The van der Waals surface area contributed by atoms with Crippen molar-refractivity contribution in [2.75, 3.05) is 13.2 Å². The number of carbonyl (C=O) groups is 2.